The summed E-state index contributed by atoms with van der Waals surface area (Å²) in [5.41, 5.74) is 9.89. The van der Waals surface area contributed by atoms with Crippen LogP contribution in [0, 0.1) is 20.8 Å². The average molecular weight is 346 g/mol. The van der Waals surface area contributed by atoms with E-state index in [1.807, 2.05) is 6.07 Å². The Morgan fingerprint density at radius 3 is 2.00 bits per heavy atom. The van der Waals surface area contributed by atoms with Crippen LogP contribution >= 0.6 is 0 Å². The highest BCUT2D eigenvalue weighted by Gasteiger charge is 2.10. The molecule has 3 aromatic carbocycles. The molecular weight excluding hydrogens is 320 g/mol. The van der Waals surface area contributed by atoms with E-state index < -0.39 is 0 Å². The van der Waals surface area contributed by atoms with E-state index in [1.54, 1.807) is 14.2 Å². The molecule has 0 saturated carbocycles. The highest BCUT2D eigenvalue weighted by Crippen LogP contribution is 2.33. The molecular formula is C24H26O2. The Morgan fingerprint density at radius 1 is 0.654 bits per heavy atom. The lowest BCUT2D eigenvalue weighted by Gasteiger charge is -2.15. The van der Waals surface area contributed by atoms with Gasteiger partial charge in [-0.1, -0.05) is 36.4 Å². The third kappa shape index (κ3) is 3.66. The van der Waals surface area contributed by atoms with Crippen molar-refractivity contribution in [1.82, 2.24) is 0 Å². The molecule has 0 aliphatic carbocycles. The van der Waals surface area contributed by atoms with Gasteiger partial charge in [0.2, 0.25) is 0 Å². The second-order valence-corrected chi connectivity index (χ2v) is 6.78. The molecule has 26 heavy (non-hydrogen) atoms. The third-order valence-electron chi connectivity index (χ3n) is 4.97. The molecule has 0 bridgehead atoms. The standard InChI is InChI=1S/C24H26O2/c1-16-6-7-19(12-17(16)2)24-10-8-20(14-21(24)15-25-4)23-11-9-22(26-5)13-18(23)3/h6-14H,15H2,1-5H3. The maximum Gasteiger partial charge on any atom is 0.119 e. The van der Waals surface area contributed by atoms with Gasteiger partial charge in [-0.15, -0.1) is 0 Å². The second kappa shape index (κ2) is 7.76. The van der Waals surface area contributed by atoms with E-state index in [0.717, 1.165) is 5.75 Å². The first-order chi connectivity index (χ1) is 12.5. The normalized spacial score (nSPS) is 10.8. The fraction of sp³-hybridized carbons (Fsp3) is 0.250. The van der Waals surface area contributed by atoms with Crippen LogP contribution in [-0.2, 0) is 11.3 Å². The summed E-state index contributed by atoms with van der Waals surface area (Å²) in [4.78, 5) is 0. The van der Waals surface area contributed by atoms with Gasteiger partial charge in [0.1, 0.15) is 5.75 Å². The van der Waals surface area contributed by atoms with Crippen molar-refractivity contribution < 1.29 is 9.47 Å². The molecule has 3 aromatic rings. The average Bonchev–Trinajstić information content (AvgIpc) is 2.64. The first kappa shape index (κ1) is 18.2. The van der Waals surface area contributed by atoms with Crippen LogP contribution in [0.15, 0.2) is 54.6 Å². The molecule has 134 valence electrons. The summed E-state index contributed by atoms with van der Waals surface area (Å²) in [6, 6.07) is 19.5. The number of ether oxygens (including phenoxy) is 2. The van der Waals surface area contributed by atoms with Crippen LogP contribution in [0.5, 0.6) is 5.75 Å². The molecule has 0 saturated heterocycles. The minimum atomic E-state index is 0.589. The maximum absolute atomic E-state index is 5.48. The lowest BCUT2D eigenvalue weighted by molar-refractivity contribution is 0.185. The molecule has 0 aliphatic rings. The Morgan fingerprint density at radius 2 is 1.35 bits per heavy atom. The fourth-order valence-electron chi connectivity index (χ4n) is 3.31. The monoisotopic (exact) mass is 346 g/mol. The van der Waals surface area contributed by atoms with Crippen LogP contribution in [0.1, 0.15) is 22.3 Å². The van der Waals surface area contributed by atoms with Gasteiger partial charge >= 0.3 is 0 Å². The van der Waals surface area contributed by atoms with Crippen LogP contribution in [0.2, 0.25) is 0 Å². The van der Waals surface area contributed by atoms with E-state index in [2.05, 4.69) is 69.3 Å². The zero-order valence-corrected chi connectivity index (χ0v) is 16.2. The van der Waals surface area contributed by atoms with Crippen molar-refractivity contribution >= 4 is 0 Å². The lowest BCUT2D eigenvalue weighted by atomic mass is 9.92. The molecule has 0 atom stereocenters. The zero-order chi connectivity index (χ0) is 18.7. The van der Waals surface area contributed by atoms with Crippen molar-refractivity contribution in [3.05, 3.63) is 76.9 Å². The first-order valence-corrected chi connectivity index (χ1v) is 8.88. The SMILES string of the molecule is COCc1cc(-c2ccc(OC)cc2C)ccc1-c1ccc(C)c(C)c1. The van der Waals surface area contributed by atoms with E-state index in [1.165, 1.54) is 44.5 Å². The van der Waals surface area contributed by atoms with Gasteiger partial charge < -0.3 is 9.47 Å². The molecule has 0 aromatic heterocycles. The van der Waals surface area contributed by atoms with Gasteiger partial charge in [0, 0.05) is 7.11 Å². The molecule has 0 amide bonds. The summed E-state index contributed by atoms with van der Waals surface area (Å²) in [6.45, 7) is 7.00. The van der Waals surface area contributed by atoms with Crippen molar-refractivity contribution in [1.29, 1.82) is 0 Å². The molecule has 0 radical (unpaired) electrons. The summed E-state index contributed by atoms with van der Waals surface area (Å²) in [7, 11) is 3.44. The number of rotatable bonds is 5. The lowest BCUT2D eigenvalue weighted by Crippen LogP contribution is -1.95. The first-order valence-electron chi connectivity index (χ1n) is 8.88. The summed E-state index contributed by atoms with van der Waals surface area (Å²) in [5.74, 6) is 0.884. The quantitative estimate of drug-likeness (QED) is 0.555. The summed E-state index contributed by atoms with van der Waals surface area (Å²) in [6.07, 6.45) is 0. The molecule has 2 nitrogen and oxygen atoms in total. The molecule has 3 rings (SSSR count). The topological polar surface area (TPSA) is 18.5 Å². The zero-order valence-electron chi connectivity index (χ0n) is 16.2. The van der Waals surface area contributed by atoms with E-state index in [4.69, 9.17) is 9.47 Å². The minimum Gasteiger partial charge on any atom is -0.497 e. The van der Waals surface area contributed by atoms with E-state index in [0.29, 0.717) is 6.61 Å². The fourth-order valence-corrected chi connectivity index (χ4v) is 3.31. The predicted octanol–water partition coefficient (Wildman–Crippen LogP) is 6.10. The largest absolute Gasteiger partial charge is 0.497 e. The van der Waals surface area contributed by atoms with Crippen LogP contribution in [-0.4, -0.2) is 14.2 Å². The minimum absolute atomic E-state index is 0.589. The van der Waals surface area contributed by atoms with Crippen LogP contribution in [0.4, 0.5) is 0 Å². The van der Waals surface area contributed by atoms with Crippen molar-refractivity contribution in [2.75, 3.05) is 14.2 Å². The highest BCUT2D eigenvalue weighted by atomic mass is 16.5. The number of hydrogen-bond donors (Lipinski definition) is 0. The van der Waals surface area contributed by atoms with E-state index in [9.17, 15) is 0 Å². The molecule has 0 unspecified atom stereocenters. The van der Waals surface area contributed by atoms with Gasteiger partial charge in [-0.05, 0) is 83.5 Å². The maximum atomic E-state index is 5.48. The molecule has 2 heteroatoms. The molecule has 0 N–H and O–H groups in total. The van der Waals surface area contributed by atoms with Crippen LogP contribution in [0.25, 0.3) is 22.3 Å². The summed E-state index contributed by atoms with van der Waals surface area (Å²) < 4.78 is 10.8. The molecule has 0 aliphatic heterocycles. The van der Waals surface area contributed by atoms with Crippen LogP contribution in [0.3, 0.4) is 0 Å². The number of aryl methyl sites for hydroxylation is 3. The summed E-state index contributed by atoms with van der Waals surface area (Å²) in [5, 5.41) is 0. The third-order valence-corrected chi connectivity index (χ3v) is 4.97. The number of benzene rings is 3. The van der Waals surface area contributed by atoms with Gasteiger partial charge in [-0.2, -0.15) is 0 Å². The Kier molecular flexibility index (Phi) is 5.43. The molecule has 0 heterocycles. The van der Waals surface area contributed by atoms with Crippen molar-refractivity contribution in [2.45, 2.75) is 27.4 Å². The Bertz CT molecular complexity index is 925. The van der Waals surface area contributed by atoms with Crippen molar-refractivity contribution in [2.24, 2.45) is 0 Å². The van der Waals surface area contributed by atoms with E-state index in [-0.39, 0.29) is 0 Å². The Balaban J connectivity index is 2.08. The number of hydrogen-bond acceptors (Lipinski definition) is 2. The Labute approximate surface area is 156 Å². The highest BCUT2D eigenvalue weighted by molar-refractivity contribution is 5.76. The van der Waals surface area contributed by atoms with Gasteiger partial charge in [-0.3, -0.25) is 0 Å². The smallest absolute Gasteiger partial charge is 0.119 e. The van der Waals surface area contributed by atoms with Crippen molar-refractivity contribution in [3.63, 3.8) is 0 Å². The molecule has 0 spiro atoms. The van der Waals surface area contributed by atoms with E-state index >= 15 is 0 Å². The van der Waals surface area contributed by atoms with Crippen LogP contribution < -0.4 is 4.74 Å². The second-order valence-electron chi connectivity index (χ2n) is 6.78. The van der Waals surface area contributed by atoms with Crippen molar-refractivity contribution in [3.8, 4) is 28.0 Å². The number of methoxy groups -OCH3 is 2. The van der Waals surface area contributed by atoms with Gasteiger partial charge in [0.15, 0.2) is 0 Å². The van der Waals surface area contributed by atoms with Gasteiger partial charge in [-0.25, -0.2) is 0 Å². The summed E-state index contributed by atoms with van der Waals surface area (Å²) >= 11 is 0. The molecule has 0 fully saturated rings. The van der Waals surface area contributed by atoms with Gasteiger partial charge in [0.25, 0.3) is 0 Å². The predicted molar refractivity (Wildman–Crippen MR) is 109 cm³/mol. The Hall–Kier alpha value is -2.58. The van der Waals surface area contributed by atoms with Gasteiger partial charge in [0.05, 0.1) is 13.7 Å².